The van der Waals surface area contributed by atoms with Gasteiger partial charge in [0.1, 0.15) is 0 Å². The Bertz CT molecular complexity index is 412. The van der Waals surface area contributed by atoms with E-state index in [4.69, 9.17) is 0 Å². The first-order valence-corrected chi connectivity index (χ1v) is 7.09. The Balaban J connectivity index is 2.08. The van der Waals surface area contributed by atoms with Crippen LogP contribution in [0.25, 0.3) is 0 Å². The largest absolute Gasteiger partial charge is 0.481 e. The molecule has 1 unspecified atom stereocenters. The Morgan fingerprint density at radius 2 is 1.95 bits per heavy atom. The molecule has 0 bridgehead atoms. The van der Waals surface area contributed by atoms with Gasteiger partial charge in [-0.3, -0.25) is 9.69 Å². The van der Waals surface area contributed by atoms with Crippen LogP contribution in [0, 0.1) is 5.92 Å². The van der Waals surface area contributed by atoms with Gasteiger partial charge in [0.25, 0.3) is 0 Å². The maximum Gasteiger partial charge on any atom is 0.312 e. The van der Waals surface area contributed by atoms with Crippen LogP contribution in [0.15, 0.2) is 30.3 Å². The fraction of sp³-hybridized carbons (Fsp3) is 0.562. The van der Waals surface area contributed by atoms with E-state index in [9.17, 15) is 9.90 Å². The summed E-state index contributed by atoms with van der Waals surface area (Å²) in [5.74, 6) is -0.373. The Morgan fingerprint density at radius 3 is 2.42 bits per heavy atom. The summed E-state index contributed by atoms with van der Waals surface area (Å²) < 4.78 is 0. The average Bonchev–Trinajstić information content (AvgIpc) is 3.18. The van der Waals surface area contributed by atoms with E-state index in [1.54, 1.807) is 0 Å². The summed E-state index contributed by atoms with van der Waals surface area (Å²) in [6, 6.07) is 9.96. The number of nitrogens with zero attached hydrogens (tertiary/aromatic N) is 1. The third-order valence-corrected chi connectivity index (χ3v) is 3.84. The van der Waals surface area contributed by atoms with Crippen molar-refractivity contribution < 1.29 is 9.90 Å². The maximum atomic E-state index is 11.5. The number of carbonyl (C=O) groups is 1. The van der Waals surface area contributed by atoms with E-state index in [0.717, 1.165) is 18.0 Å². The van der Waals surface area contributed by atoms with Gasteiger partial charge in [-0.1, -0.05) is 30.3 Å². The summed E-state index contributed by atoms with van der Waals surface area (Å²) >= 11 is 0. The minimum absolute atomic E-state index is 0.395. The second kappa shape index (κ2) is 6.20. The topological polar surface area (TPSA) is 40.5 Å². The predicted octanol–water partition coefficient (Wildman–Crippen LogP) is 2.98. The van der Waals surface area contributed by atoms with Crippen LogP contribution in [0.4, 0.5) is 0 Å². The van der Waals surface area contributed by atoms with Crippen molar-refractivity contribution in [1.29, 1.82) is 0 Å². The summed E-state index contributed by atoms with van der Waals surface area (Å²) in [5, 5.41) is 9.48. The highest BCUT2D eigenvalue weighted by atomic mass is 16.4. The zero-order valence-electron chi connectivity index (χ0n) is 11.7. The normalized spacial score (nSPS) is 16.8. The molecule has 1 atom stereocenters. The number of carboxylic acid groups (broad SMARTS) is 1. The summed E-state index contributed by atoms with van der Waals surface area (Å²) in [7, 11) is 0. The molecule has 0 radical (unpaired) electrons. The van der Waals surface area contributed by atoms with E-state index >= 15 is 0 Å². The Kier molecular flexibility index (Phi) is 4.59. The summed E-state index contributed by atoms with van der Waals surface area (Å²) in [6.07, 6.45) is 2.60. The molecule has 0 amide bonds. The molecule has 104 valence electrons. The molecule has 0 aliphatic heterocycles. The quantitative estimate of drug-likeness (QED) is 0.820. The molecule has 0 heterocycles. The summed E-state index contributed by atoms with van der Waals surface area (Å²) in [5.41, 5.74) is 0.899. The molecule has 1 fully saturated rings. The monoisotopic (exact) mass is 261 g/mol. The van der Waals surface area contributed by atoms with Crippen molar-refractivity contribution in [3.63, 3.8) is 0 Å². The fourth-order valence-electron chi connectivity index (χ4n) is 2.37. The van der Waals surface area contributed by atoms with Gasteiger partial charge in [-0.2, -0.15) is 0 Å². The molecule has 2 rings (SSSR count). The first kappa shape index (κ1) is 14.1. The van der Waals surface area contributed by atoms with Gasteiger partial charge in [-0.25, -0.2) is 0 Å². The number of aliphatic carboxylic acids is 1. The Hall–Kier alpha value is -1.35. The number of hydrogen-bond donors (Lipinski definition) is 1. The van der Waals surface area contributed by atoms with E-state index < -0.39 is 11.9 Å². The highest BCUT2D eigenvalue weighted by Gasteiger charge is 2.29. The van der Waals surface area contributed by atoms with E-state index in [-0.39, 0.29) is 0 Å². The number of hydrogen-bond acceptors (Lipinski definition) is 2. The second-order valence-electron chi connectivity index (χ2n) is 5.79. The van der Waals surface area contributed by atoms with Crippen molar-refractivity contribution in [3.8, 4) is 0 Å². The van der Waals surface area contributed by atoms with Crippen LogP contribution < -0.4 is 0 Å². The maximum absolute atomic E-state index is 11.5. The molecule has 0 saturated heterocycles. The molecule has 1 saturated carbocycles. The molecule has 1 aliphatic rings. The molecule has 3 nitrogen and oxygen atoms in total. The summed E-state index contributed by atoms with van der Waals surface area (Å²) in [6.45, 7) is 5.93. The van der Waals surface area contributed by atoms with Crippen molar-refractivity contribution in [3.05, 3.63) is 35.9 Å². The van der Waals surface area contributed by atoms with Gasteiger partial charge in [0.15, 0.2) is 0 Å². The average molecular weight is 261 g/mol. The number of benzene rings is 1. The van der Waals surface area contributed by atoms with Crippen molar-refractivity contribution in [1.82, 2.24) is 4.90 Å². The van der Waals surface area contributed by atoms with Crippen molar-refractivity contribution in [2.24, 2.45) is 5.92 Å². The van der Waals surface area contributed by atoms with Crippen molar-refractivity contribution in [2.45, 2.75) is 38.6 Å². The molecule has 0 aromatic heterocycles. The lowest BCUT2D eigenvalue weighted by Crippen LogP contribution is -2.38. The lowest BCUT2D eigenvalue weighted by molar-refractivity contribution is -0.139. The third-order valence-electron chi connectivity index (χ3n) is 3.84. The van der Waals surface area contributed by atoms with Crippen LogP contribution >= 0.6 is 0 Å². The van der Waals surface area contributed by atoms with Crippen molar-refractivity contribution in [2.75, 3.05) is 13.1 Å². The van der Waals surface area contributed by atoms with Gasteiger partial charge >= 0.3 is 5.97 Å². The van der Waals surface area contributed by atoms with E-state index in [0.29, 0.717) is 12.6 Å². The van der Waals surface area contributed by atoms with Crippen LogP contribution in [-0.2, 0) is 4.79 Å². The molecular weight excluding hydrogens is 238 g/mol. The zero-order valence-corrected chi connectivity index (χ0v) is 11.7. The van der Waals surface area contributed by atoms with Gasteiger partial charge in [0.2, 0.25) is 0 Å². The zero-order chi connectivity index (χ0) is 13.8. The Morgan fingerprint density at radius 1 is 1.32 bits per heavy atom. The fourth-order valence-corrected chi connectivity index (χ4v) is 2.37. The molecule has 3 heteroatoms. The highest BCUT2D eigenvalue weighted by molar-refractivity contribution is 5.76. The molecule has 1 N–H and O–H groups in total. The lowest BCUT2D eigenvalue weighted by atomic mass is 9.98. The predicted molar refractivity (Wildman–Crippen MR) is 76.3 cm³/mol. The van der Waals surface area contributed by atoms with Gasteiger partial charge in [0, 0.05) is 19.1 Å². The molecule has 1 aliphatic carbocycles. The van der Waals surface area contributed by atoms with Crippen LogP contribution in [0.2, 0.25) is 0 Å². The first-order chi connectivity index (χ1) is 9.08. The second-order valence-corrected chi connectivity index (χ2v) is 5.79. The van der Waals surface area contributed by atoms with Gasteiger partial charge in [-0.05, 0) is 38.2 Å². The molecule has 0 spiro atoms. The van der Waals surface area contributed by atoms with Crippen LogP contribution in [0.3, 0.4) is 0 Å². The third kappa shape index (κ3) is 4.06. The SMILES string of the molecule is CC(C)N(CC1CC1)CC(C(=O)O)c1ccccc1. The van der Waals surface area contributed by atoms with E-state index in [1.807, 2.05) is 30.3 Å². The van der Waals surface area contributed by atoms with Gasteiger partial charge in [-0.15, -0.1) is 0 Å². The molecule has 1 aromatic carbocycles. The molecule has 1 aromatic rings. The molecule has 19 heavy (non-hydrogen) atoms. The van der Waals surface area contributed by atoms with Crippen LogP contribution in [0.5, 0.6) is 0 Å². The van der Waals surface area contributed by atoms with Gasteiger partial charge < -0.3 is 5.11 Å². The van der Waals surface area contributed by atoms with E-state index in [1.165, 1.54) is 12.8 Å². The van der Waals surface area contributed by atoms with Crippen LogP contribution in [0.1, 0.15) is 38.2 Å². The van der Waals surface area contributed by atoms with Gasteiger partial charge in [0.05, 0.1) is 5.92 Å². The summed E-state index contributed by atoms with van der Waals surface area (Å²) in [4.78, 5) is 13.8. The van der Waals surface area contributed by atoms with Crippen molar-refractivity contribution >= 4 is 5.97 Å². The standard InChI is InChI=1S/C16H23NO2/c1-12(2)17(10-13-8-9-13)11-15(16(18)19)14-6-4-3-5-7-14/h3-7,12-13,15H,8-11H2,1-2H3,(H,18,19). The molecular formula is C16H23NO2. The van der Waals surface area contributed by atoms with E-state index in [2.05, 4.69) is 18.7 Å². The minimum atomic E-state index is -0.729. The lowest BCUT2D eigenvalue weighted by Gasteiger charge is -2.29. The minimum Gasteiger partial charge on any atom is -0.481 e. The Labute approximate surface area is 115 Å². The number of carboxylic acids is 1. The van der Waals surface area contributed by atoms with Crippen LogP contribution in [-0.4, -0.2) is 35.1 Å². The first-order valence-electron chi connectivity index (χ1n) is 7.09. The highest BCUT2D eigenvalue weighted by Crippen LogP contribution is 2.31. The smallest absolute Gasteiger partial charge is 0.312 e. The number of rotatable bonds is 7.